The highest BCUT2D eigenvalue weighted by molar-refractivity contribution is 8.07. The molecule has 1 saturated heterocycles. The van der Waals surface area contributed by atoms with Crippen molar-refractivity contribution in [3.63, 3.8) is 0 Å². The van der Waals surface area contributed by atoms with Gasteiger partial charge in [-0.2, -0.15) is 23.5 Å². The zero-order valence-electron chi connectivity index (χ0n) is 10.4. The highest BCUT2D eigenvalue weighted by Crippen LogP contribution is 2.38. The van der Waals surface area contributed by atoms with E-state index in [4.69, 9.17) is 5.73 Å². The Labute approximate surface area is 103 Å². The molecule has 5 unspecified atom stereocenters. The van der Waals surface area contributed by atoms with Crippen LogP contribution in [0.15, 0.2) is 0 Å². The molecule has 0 saturated carbocycles. The van der Waals surface area contributed by atoms with Crippen LogP contribution >= 0.6 is 23.5 Å². The number of thioether (sulfide) groups is 2. The summed E-state index contributed by atoms with van der Waals surface area (Å²) in [5.74, 6) is 1.92. The van der Waals surface area contributed by atoms with Crippen LogP contribution in [-0.4, -0.2) is 27.5 Å². The van der Waals surface area contributed by atoms with Gasteiger partial charge in [0.1, 0.15) is 0 Å². The van der Waals surface area contributed by atoms with Crippen molar-refractivity contribution in [3.8, 4) is 0 Å². The molecule has 0 aromatic rings. The molecule has 3 heteroatoms. The number of nitrogens with two attached hydrogens (primary N) is 1. The van der Waals surface area contributed by atoms with Crippen LogP contribution < -0.4 is 5.73 Å². The van der Waals surface area contributed by atoms with Crippen LogP contribution in [0.1, 0.15) is 40.5 Å². The van der Waals surface area contributed by atoms with Crippen molar-refractivity contribution in [3.05, 3.63) is 0 Å². The van der Waals surface area contributed by atoms with Gasteiger partial charge < -0.3 is 5.73 Å². The second kappa shape index (κ2) is 6.41. The van der Waals surface area contributed by atoms with Gasteiger partial charge in [-0.3, -0.25) is 0 Å². The van der Waals surface area contributed by atoms with Crippen LogP contribution in [0.25, 0.3) is 0 Å². The summed E-state index contributed by atoms with van der Waals surface area (Å²) in [6, 6.07) is 0.386. The van der Waals surface area contributed by atoms with Crippen LogP contribution in [0.2, 0.25) is 0 Å². The Balaban J connectivity index is 2.43. The first-order chi connectivity index (χ1) is 7.06. The van der Waals surface area contributed by atoms with Crippen molar-refractivity contribution in [1.29, 1.82) is 0 Å². The molecule has 2 N–H and O–H groups in total. The second-order valence-electron chi connectivity index (χ2n) is 4.76. The Bertz CT molecular complexity index is 186. The van der Waals surface area contributed by atoms with E-state index >= 15 is 0 Å². The molecule has 0 amide bonds. The standard InChI is InChI=1S/C12H25NS2/c1-5-6-8(2)12(13)11-7-14-9(3)10(4)15-11/h8-12H,5-7,13H2,1-4H3. The number of hydrogen-bond acceptors (Lipinski definition) is 3. The van der Waals surface area contributed by atoms with E-state index in [1.807, 2.05) is 0 Å². The molecular formula is C12H25NS2. The number of hydrogen-bond donors (Lipinski definition) is 1. The summed E-state index contributed by atoms with van der Waals surface area (Å²) in [7, 11) is 0. The van der Waals surface area contributed by atoms with E-state index in [2.05, 4.69) is 51.2 Å². The van der Waals surface area contributed by atoms with Gasteiger partial charge in [0.15, 0.2) is 0 Å². The Morgan fingerprint density at radius 3 is 2.53 bits per heavy atom. The van der Waals surface area contributed by atoms with Gasteiger partial charge in [-0.25, -0.2) is 0 Å². The second-order valence-corrected chi connectivity index (χ2v) is 7.79. The Hall–Kier alpha value is 0.660. The van der Waals surface area contributed by atoms with Gasteiger partial charge in [-0.1, -0.05) is 34.1 Å². The summed E-state index contributed by atoms with van der Waals surface area (Å²) >= 11 is 4.21. The Kier molecular flexibility index (Phi) is 5.86. The predicted molar refractivity (Wildman–Crippen MR) is 74.8 cm³/mol. The highest BCUT2D eigenvalue weighted by Gasteiger charge is 2.31. The van der Waals surface area contributed by atoms with E-state index in [1.54, 1.807) is 0 Å². The summed E-state index contributed by atoms with van der Waals surface area (Å²) in [6.45, 7) is 9.23. The predicted octanol–water partition coefficient (Wildman–Crippen LogP) is 3.38. The van der Waals surface area contributed by atoms with Crippen molar-refractivity contribution in [1.82, 2.24) is 0 Å². The minimum absolute atomic E-state index is 0.386. The van der Waals surface area contributed by atoms with Crippen LogP contribution in [0.4, 0.5) is 0 Å². The molecule has 1 aliphatic rings. The van der Waals surface area contributed by atoms with Gasteiger partial charge in [0.2, 0.25) is 0 Å². The van der Waals surface area contributed by atoms with Gasteiger partial charge in [0.05, 0.1) is 0 Å². The molecule has 0 aromatic carbocycles. The third-order valence-corrected chi connectivity index (χ3v) is 6.94. The number of rotatable bonds is 4. The van der Waals surface area contributed by atoms with Gasteiger partial charge in [0, 0.05) is 27.5 Å². The van der Waals surface area contributed by atoms with Gasteiger partial charge in [0.25, 0.3) is 0 Å². The monoisotopic (exact) mass is 247 g/mol. The molecule has 15 heavy (non-hydrogen) atoms. The Morgan fingerprint density at radius 2 is 2.00 bits per heavy atom. The zero-order chi connectivity index (χ0) is 11.4. The van der Waals surface area contributed by atoms with Gasteiger partial charge >= 0.3 is 0 Å². The molecule has 1 nitrogen and oxygen atoms in total. The molecule has 1 heterocycles. The van der Waals surface area contributed by atoms with E-state index in [0.29, 0.717) is 17.2 Å². The molecule has 0 aliphatic carbocycles. The lowest BCUT2D eigenvalue weighted by Gasteiger charge is -2.36. The van der Waals surface area contributed by atoms with Crippen LogP contribution in [0, 0.1) is 5.92 Å². The van der Waals surface area contributed by atoms with Crippen LogP contribution in [0.5, 0.6) is 0 Å². The molecule has 0 spiro atoms. The largest absolute Gasteiger partial charge is 0.326 e. The lowest BCUT2D eigenvalue weighted by atomic mass is 9.95. The molecule has 1 rings (SSSR count). The van der Waals surface area contributed by atoms with Crippen molar-refractivity contribution in [2.24, 2.45) is 11.7 Å². The average Bonchev–Trinajstić information content (AvgIpc) is 2.21. The fourth-order valence-corrected chi connectivity index (χ4v) is 5.21. The summed E-state index contributed by atoms with van der Waals surface area (Å²) in [4.78, 5) is 0. The SMILES string of the molecule is CCCC(C)C(N)C1CSC(C)C(C)S1. The first-order valence-electron chi connectivity index (χ1n) is 6.08. The third-order valence-electron chi connectivity index (χ3n) is 3.40. The van der Waals surface area contributed by atoms with Crippen molar-refractivity contribution in [2.75, 3.05) is 5.75 Å². The normalized spacial score (nSPS) is 36.2. The lowest BCUT2D eigenvalue weighted by molar-refractivity contribution is 0.420. The molecule has 0 aromatic heterocycles. The van der Waals surface area contributed by atoms with Gasteiger partial charge in [-0.15, -0.1) is 0 Å². The molecule has 90 valence electrons. The Morgan fingerprint density at radius 1 is 1.33 bits per heavy atom. The molecule has 0 radical (unpaired) electrons. The molecular weight excluding hydrogens is 222 g/mol. The summed E-state index contributed by atoms with van der Waals surface area (Å²) in [6.07, 6.45) is 2.53. The van der Waals surface area contributed by atoms with E-state index in [0.717, 1.165) is 10.5 Å². The molecule has 5 atom stereocenters. The van der Waals surface area contributed by atoms with Crippen molar-refractivity contribution >= 4 is 23.5 Å². The molecule has 1 aliphatic heterocycles. The molecule has 1 fully saturated rings. The van der Waals surface area contributed by atoms with E-state index in [9.17, 15) is 0 Å². The van der Waals surface area contributed by atoms with E-state index in [-0.39, 0.29) is 0 Å². The van der Waals surface area contributed by atoms with E-state index in [1.165, 1.54) is 18.6 Å². The minimum Gasteiger partial charge on any atom is -0.326 e. The fraction of sp³-hybridized carbons (Fsp3) is 1.00. The first kappa shape index (κ1) is 13.7. The maximum Gasteiger partial charge on any atom is 0.0295 e. The third kappa shape index (κ3) is 3.86. The van der Waals surface area contributed by atoms with Crippen molar-refractivity contribution in [2.45, 2.75) is 62.3 Å². The quantitative estimate of drug-likeness (QED) is 0.825. The maximum absolute atomic E-state index is 6.35. The summed E-state index contributed by atoms with van der Waals surface area (Å²) in [5, 5.41) is 2.22. The first-order valence-corrected chi connectivity index (χ1v) is 8.08. The summed E-state index contributed by atoms with van der Waals surface area (Å²) in [5.41, 5.74) is 6.35. The van der Waals surface area contributed by atoms with Crippen LogP contribution in [0.3, 0.4) is 0 Å². The van der Waals surface area contributed by atoms with Crippen LogP contribution in [-0.2, 0) is 0 Å². The lowest BCUT2D eigenvalue weighted by Crippen LogP contribution is -2.43. The van der Waals surface area contributed by atoms with E-state index < -0.39 is 0 Å². The zero-order valence-corrected chi connectivity index (χ0v) is 12.0. The smallest absolute Gasteiger partial charge is 0.0295 e. The van der Waals surface area contributed by atoms with Gasteiger partial charge in [-0.05, 0) is 12.3 Å². The maximum atomic E-state index is 6.35. The molecule has 0 bridgehead atoms. The van der Waals surface area contributed by atoms with Crippen molar-refractivity contribution < 1.29 is 0 Å². The average molecular weight is 247 g/mol. The topological polar surface area (TPSA) is 26.0 Å². The minimum atomic E-state index is 0.386. The fourth-order valence-electron chi connectivity index (χ4n) is 2.02. The highest BCUT2D eigenvalue weighted by atomic mass is 32.2. The summed E-state index contributed by atoms with van der Waals surface area (Å²) < 4.78 is 0.